The van der Waals surface area contributed by atoms with Gasteiger partial charge in [0.25, 0.3) is 5.19 Å². The number of carbonyl (C=O) groups is 1. The van der Waals surface area contributed by atoms with Gasteiger partial charge in [0.1, 0.15) is 11.9 Å². The first-order chi connectivity index (χ1) is 14.5. The standard InChI is InChI=1S/C23H27N3O3S/c1-4-28-18-9-7-17(8-10-18)24-22(27)26-13-11-19(12-14-26)29-23-25-20-15(2)5-6-16(3)21(20)30-23/h5-10,19H,4,11-14H2,1-3H3,(H,24,27). The van der Waals surface area contributed by atoms with Crippen molar-refractivity contribution < 1.29 is 14.3 Å². The Kier molecular flexibility index (Phi) is 6.08. The van der Waals surface area contributed by atoms with Crippen molar-refractivity contribution in [1.29, 1.82) is 0 Å². The van der Waals surface area contributed by atoms with Crippen LogP contribution in [0, 0.1) is 13.8 Å². The number of piperidine rings is 1. The van der Waals surface area contributed by atoms with Crippen LogP contribution < -0.4 is 14.8 Å². The van der Waals surface area contributed by atoms with E-state index >= 15 is 0 Å². The number of fused-ring (bicyclic) bond motifs is 1. The number of urea groups is 1. The molecule has 0 radical (unpaired) electrons. The molecule has 1 saturated heterocycles. The third-order valence-electron chi connectivity index (χ3n) is 5.34. The third kappa shape index (κ3) is 4.51. The summed E-state index contributed by atoms with van der Waals surface area (Å²) in [6, 6.07) is 11.6. The predicted molar refractivity (Wildman–Crippen MR) is 121 cm³/mol. The van der Waals surface area contributed by atoms with E-state index in [1.54, 1.807) is 11.3 Å². The summed E-state index contributed by atoms with van der Waals surface area (Å²) in [7, 11) is 0. The number of hydrogen-bond donors (Lipinski definition) is 1. The van der Waals surface area contributed by atoms with Crippen molar-refractivity contribution in [2.45, 2.75) is 39.7 Å². The SMILES string of the molecule is CCOc1ccc(NC(=O)N2CCC(Oc3nc4c(C)ccc(C)c4s3)CC2)cc1. The highest BCUT2D eigenvalue weighted by atomic mass is 32.1. The number of likely N-dealkylation sites (tertiary alicyclic amines) is 1. The quantitative estimate of drug-likeness (QED) is 0.595. The van der Waals surface area contributed by atoms with Crippen molar-refractivity contribution in [1.82, 2.24) is 9.88 Å². The molecule has 2 aromatic carbocycles. The van der Waals surface area contributed by atoms with Gasteiger partial charge < -0.3 is 19.7 Å². The maximum Gasteiger partial charge on any atom is 0.321 e. The molecular weight excluding hydrogens is 398 g/mol. The van der Waals surface area contributed by atoms with Crippen molar-refractivity contribution in [3.63, 3.8) is 0 Å². The molecule has 2 amide bonds. The van der Waals surface area contributed by atoms with Crippen LogP contribution in [0.5, 0.6) is 10.9 Å². The number of carbonyl (C=O) groups excluding carboxylic acids is 1. The summed E-state index contributed by atoms with van der Waals surface area (Å²) < 4.78 is 12.8. The third-order valence-corrected chi connectivity index (χ3v) is 6.42. The largest absolute Gasteiger partial charge is 0.494 e. The molecule has 0 unspecified atom stereocenters. The number of anilines is 1. The van der Waals surface area contributed by atoms with Crippen LogP contribution in [0.2, 0.25) is 0 Å². The van der Waals surface area contributed by atoms with E-state index in [1.165, 1.54) is 15.8 Å². The van der Waals surface area contributed by atoms with Crippen molar-refractivity contribution in [2.75, 3.05) is 25.0 Å². The summed E-state index contributed by atoms with van der Waals surface area (Å²) in [6.07, 6.45) is 1.68. The van der Waals surface area contributed by atoms with Gasteiger partial charge in [-0.1, -0.05) is 23.5 Å². The lowest BCUT2D eigenvalue weighted by Crippen LogP contribution is -2.43. The fourth-order valence-corrected chi connectivity index (χ4v) is 4.64. The highest BCUT2D eigenvalue weighted by molar-refractivity contribution is 7.20. The number of hydrogen-bond acceptors (Lipinski definition) is 5. The number of nitrogens with zero attached hydrogens (tertiary/aromatic N) is 2. The average Bonchev–Trinajstić information content (AvgIpc) is 3.18. The Labute approximate surface area is 180 Å². The van der Waals surface area contributed by atoms with E-state index in [2.05, 4.69) is 31.3 Å². The second kappa shape index (κ2) is 8.92. The Bertz CT molecular complexity index is 985. The van der Waals surface area contributed by atoms with E-state index in [-0.39, 0.29) is 12.1 Å². The van der Waals surface area contributed by atoms with Gasteiger partial charge in [0, 0.05) is 31.6 Å². The Morgan fingerprint density at radius 1 is 1.13 bits per heavy atom. The van der Waals surface area contributed by atoms with Gasteiger partial charge >= 0.3 is 6.03 Å². The zero-order valence-corrected chi connectivity index (χ0v) is 18.4. The molecule has 0 bridgehead atoms. The number of aromatic nitrogens is 1. The van der Waals surface area contributed by atoms with E-state index in [0.717, 1.165) is 35.0 Å². The van der Waals surface area contributed by atoms with Crippen LogP contribution in [-0.2, 0) is 0 Å². The second-order valence-electron chi connectivity index (χ2n) is 7.55. The molecule has 0 saturated carbocycles. The Morgan fingerprint density at radius 3 is 2.50 bits per heavy atom. The predicted octanol–water partition coefficient (Wildman–Crippen LogP) is 5.39. The van der Waals surface area contributed by atoms with Crippen molar-refractivity contribution >= 4 is 33.3 Å². The first-order valence-electron chi connectivity index (χ1n) is 10.4. The van der Waals surface area contributed by atoms with Crippen LogP contribution in [0.1, 0.15) is 30.9 Å². The Balaban J connectivity index is 1.31. The van der Waals surface area contributed by atoms with Gasteiger partial charge in [-0.05, 0) is 56.2 Å². The molecule has 1 aromatic heterocycles. The summed E-state index contributed by atoms with van der Waals surface area (Å²) in [5.74, 6) is 0.800. The van der Waals surface area contributed by atoms with E-state index in [0.29, 0.717) is 19.7 Å². The molecule has 7 heteroatoms. The summed E-state index contributed by atoms with van der Waals surface area (Å²) >= 11 is 1.61. The van der Waals surface area contributed by atoms with Gasteiger partial charge in [0.2, 0.25) is 0 Å². The second-order valence-corrected chi connectivity index (χ2v) is 8.51. The molecule has 1 aliphatic heterocycles. The number of ether oxygens (including phenoxy) is 2. The Hall–Kier alpha value is -2.80. The molecule has 1 aliphatic rings. The number of thiazole rings is 1. The van der Waals surface area contributed by atoms with Crippen molar-refractivity contribution in [3.05, 3.63) is 47.5 Å². The van der Waals surface area contributed by atoms with Gasteiger partial charge in [0.05, 0.1) is 16.8 Å². The lowest BCUT2D eigenvalue weighted by molar-refractivity contribution is 0.115. The minimum Gasteiger partial charge on any atom is -0.494 e. The van der Waals surface area contributed by atoms with Crippen LogP contribution in [0.25, 0.3) is 10.2 Å². The maximum absolute atomic E-state index is 12.6. The minimum absolute atomic E-state index is 0.0798. The van der Waals surface area contributed by atoms with Gasteiger partial charge in [-0.2, -0.15) is 0 Å². The van der Waals surface area contributed by atoms with Crippen LogP contribution in [0.15, 0.2) is 36.4 Å². The van der Waals surface area contributed by atoms with Crippen LogP contribution >= 0.6 is 11.3 Å². The fourth-order valence-electron chi connectivity index (χ4n) is 3.61. The van der Waals surface area contributed by atoms with Crippen molar-refractivity contribution in [2.24, 2.45) is 0 Å². The summed E-state index contributed by atoms with van der Waals surface area (Å²) in [5, 5.41) is 3.68. The van der Waals surface area contributed by atoms with Gasteiger partial charge in [-0.3, -0.25) is 0 Å². The summed E-state index contributed by atoms with van der Waals surface area (Å²) in [5.41, 5.74) is 4.19. The normalized spacial score (nSPS) is 14.7. The first kappa shape index (κ1) is 20.5. The topological polar surface area (TPSA) is 63.7 Å². The molecule has 3 aromatic rings. The molecule has 30 heavy (non-hydrogen) atoms. The van der Waals surface area contributed by atoms with Crippen LogP contribution in [-0.4, -0.2) is 41.7 Å². The van der Waals surface area contributed by atoms with E-state index in [1.807, 2.05) is 36.1 Å². The first-order valence-corrected chi connectivity index (χ1v) is 11.2. The molecule has 4 rings (SSSR count). The zero-order chi connectivity index (χ0) is 21.1. The van der Waals surface area contributed by atoms with E-state index in [4.69, 9.17) is 14.5 Å². The fraction of sp³-hybridized carbons (Fsp3) is 0.391. The lowest BCUT2D eigenvalue weighted by atomic mass is 10.1. The number of aryl methyl sites for hydroxylation is 2. The highest BCUT2D eigenvalue weighted by Crippen LogP contribution is 2.33. The number of amides is 2. The summed E-state index contributed by atoms with van der Waals surface area (Å²) in [4.78, 5) is 19.1. The van der Waals surface area contributed by atoms with Gasteiger partial charge in [-0.25, -0.2) is 9.78 Å². The highest BCUT2D eigenvalue weighted by Gasteiger charge is 2.25. The monoisotopic (exact) mass is 425 g/mol. The van der Waals surface area contributed by atoms with Crippen LogP contribution in [0.3, 0.4) is 0 Å². The average molecular weight is 426 g/mol. The van der Waals surface area contributed by atoms with Gasteiger partial charge in [-0.15, -0.1) is 0 Å². The molecular formula is C23H27N3O3S. The van der Waals surface area contributed by atoms with Crippen molar-refractivity contribution in [3.8, 4) is 10.9 Å². The lowest BCUT2D eigenvalue weighted by Gasteiger charge is -2.31. The molecule has 0 spiro atoms. The van der Waals surface area contributed by atoms with Crippen LogP contribution in [0.4, 0.5) is 10.5 Å². The molecule has 0 aliphatic carbocycles. The van der Waals surface area contributed by atoms with E-state index in [9.17, 15) is 4.79 Å². The molecule has 1 fully saturated rings. The number of nitrogens with one attached hydrogen (secondary N) is 1. The zero-order valence-electron chi connectivity index (χ0n) is 17.6. The van der Waals surface area contributed by atoms with E-state index < -0.39 is 0 Å². The molecule has 1 N–H and O–H groups in total. The molecule has 158 valence electrons. The number of benzene rings is 2. The molecule has 2 heterocycles. The molecule has 0 atom stereocenters. The Morgan fingerprint density at radius 2 is 1.83 bits per heavy atom. The number of rotatable bonds is 5. The maximum atomic E-state index is 12.6. The molecule has 6 nitrogen and oxygen atoms in total. The summed E-state index contributed by atoms with van der Waals surface area (Å²) in [6.45, 7) is 8.08. The smallest absolute Gasteiger partial charge is 0.321 e. The minimum atomic E-state index is -0.0798. The van der Waals surface area contributed by atoms with Gasteiger partial charge in [0.15, 0.2) is 0 Å².